The second-order valence-electron chi connectivity index (χ2n) is 7.53. The zero-order valence-corrected chi connectivity index (χ0v) is 16.1. The predicted molar refractivity (Wildman–Crippen MR) is 97.6 cm³/mol. The molecule has 0 N–H and O–H groups in total. The van der Waals surface area contributed by atoms with Crippen LogP contribution in [0, 0.1) is 0 Å². The number of ether oxygens (including phenoxy) is 1. The van der Waals surface area contributed by atoms with Crippen molar-refractivity contribution in [2.75, 3.05) is 6.61 Å². The molecular weight excluding hydrogens is 288 g/mol. The highest BCUT2D eigenvalue weighted by atomic mass is 28.4. The molecular formula is C19H32O2Si. The van der Waals surface area contributed by atoms with Gasteiger partial charge in [0, 0.05) is 6.61 Å². The van der Waals surface area contributed by atoms with Crippen molar-refractivity contribution in [3.63, 3.8) is 0 Å². The molecule has 0 bridgehead atoms. The van der Waals surface area contributed by atoms with Gasteiger partial charge in [0.05, 0.1) is 12.7 Å². The summed E-state index contributed by atoms with van der Waals surface area (Å²) in [5.74, 6) is 0. The Hall–Kier alpha value is -0.903. The van der Waals surface area contributed by atoms with E-state index in [0.29, 0.717) is 6.61 Å². The van der Waals surface area contributed by atoms with E-state index in [4.69, 9.17) is 9.16 Å². The van der Waals surface area contributed by atoms with Crippen molar-refractivity contribution in [3.05, 3.63) is 48.0 Å². The summed E-state index contributed by atoms with van der Waals surface area (Å²) in [6, 6.07) is 10.3. The minimum Gasteiger partial charge on any atom is -0.417 e. The van der Waals surface area contributed by atoms with E-state index < -0.39 is 8.32 Å². The van der Waals surface area contributed by atoms with Crippen molar-refractivity contribution in [2.45, 2.75) is 65.0 Å². The van der Waals surface area contributed by atoms with Gasteiger partial charge in [0.15, 0.2) is 8.32 Å². The van der Waals surface area contributed by atoms with Crippen LogP contribution in [0.25, 0.3) is 0 Å². The molecule has 0 saturated carbocycles. The molecule has 1 rings (SSSR count). The van der Waals surface area contributed by atoms with E-state index >= 15 is 0 Å². The molecule has 0 unspecified atom stereocenters. The number of rotatable bonds is 8. The fourth-order valence-corrected chi connectivity index (χ4v) is 2.94. The van der Waals surface area contributed by atoms with Gasteiger partial charge < -0.3 is 9.16 Å². The first-order valence-corrected chi connectivity index (χ1v) is 11.0. The van der Waals surface area contributed by atoms with Crippen LogP contribution in [0.3, 0.4) is 0 Å². The van der Waals surface area contributed by atoms with Crippen LogP contribution in [0.4, 0.5) is 0 Å². The topological polar surface area (TPSA) is 18.5 Å². The lowest BCUT2D eigenvalue weighted by Gasteiger charge is -2.36. The maximum Gasteiger partial charge on any atom is 0.191 e. The van der Waals surface area contributed by atoms with Crippen molar-refractivity contribution in [1.82, 2.24) is 0 Å². The lowest BCUT2D eigenvalue weighted by molar-refractivity contribution is 0.0485. The fourth-order valence-electron chi connectivity index (χ4n) is 1.88. The van der Waals surface area contributed by atoms with E-state index in [1.54, 1.807) is 0 Å². The zero-order valence-electron chi connectivity index (χ0n) is 15.1. The molecule has 2 nitrogen and oxygen atoms in total. The van der Waals surface area contributed by atoms with Crippen molar-refractivity contribution < 1.29 is 9.16 Å². The molecule has 0 aliphatic carbocycles. The van der Waals surface area contributed by atoms with E-state index in [0.717, 1.165) is 18.6 Å². The zero-order chi connectivity index (χ0) is 16.8. The minimum absolute atomic E-state index is 0.0602. The van der Waals surface area contributed by atoms with Gasteiger partial charge in [0.2, 0.25) is 0 Å². The highest BCUT2D eigenvalue weighted by Gasteiger charge is 2.37. The Kier molecular flexibility index (Phi) is 7.04. The first-order chi connectivity index (χ1) is 10.1. The van der Waals surface area contributed by atoms with Gasteiger partial charge in [-0.2, -0.15) is 0 Å². The van der Waals surface area contributed by atoms with Crippen molar-refractivity contribution in [2.24, 2.45) is 0 Å². The van der Waals surface area contributed by atoms with Crippen LogP contribution in [-0.4, -0.2) is 21.0 Å². The largest absolute Gasteiger partial charge is 0.417 e. The Bertz CT molecular complexity index is 460. The Morgan fingerprint density at radius 2 is 1.77 bits per heavy atom. The number of hydrogen-bond donors (Lipinski definition) is 0. The average Bonchev–Trinajstić information content (AvgIpc) is 2.42. The third-order valence-electron chi connectivity index (χ3n) is 4.49. The molecule has 124 valence electrons. The number of benzene rings is 1. The maximum absolute atomic E-state index is 6.24. The molecule has 0 aromatic heterocycles. The standard InChI is InChI=1S/C19H32O2Si/c1-16(2)18(20-15-17-11-9-8-10-12-17)13-14-21-22(6,7)19(3,4)5/h8-12,18H,1,13-15H2,2-7H3/t18-/m0/s1. The Balaban J connectivity index is 2.47. The van der Waals surface area contributed by atoms with Gasteiger partial charge in [-0.25, -0.2) is 0 Å². The lowest BCUT2D eigenvalue weighted by Crippen LogP contribution is -2.41. The van der Waals surface area contributed by atoms with Crippen LogP contribution in [0.1, 0.15) is 39.7 Å². The highest BCUT2D eigenvalue weighted by molar-refractivity contribution is 6.74. The summed E-state index contributed by atoms with van der Waals surface area (Å²) in [6.45, 7) is 18.8. The second kappa shape index (κ2) is 8.09. The quantitative estimate of drug-likeness (QED) is 0.461. The molecule has 3 heteroatoms. The predicted octanol–water partition coefficient (Wildman–Crippen LogP) is 5.56. The highest BCUT2D eigenvalue weighted by Crippen LogP contribution is 2.36. The molecule has 1 aromatic carbocycles. The number of hydrogen-bond acceptors (Lipinski definition) is 2. The molecule has 0 amide bonds. The molecule has 22 heavy (non-hydrogen) atoms. The third-order valence-corrected chi connectivity index (χ3v) is 9.03. The second-order valence-corrected chi connectivity index (χ2v) is 12.3. The molecule has 0 aliphatic heterocycles. The molecule has 0 radical (unpaired) electrons. The van der Waals surface area contributed by atoms with Crippen molar-refractivity contribution >= 4 is 8.32 Å². The van der Waals surface area contributed by atoms with E-state index in [-0.39, 0.29) is 11.1 Å². The van der Waals surface area contributed by atoms with Gasteiger partial charge in [-0.1, -0.05) is 63.3 Å². The minimum atomic E-state index is -1.68. The van der Waals surface area contributed by atoms with E-state index in [1.165, 1.54) is 5.56 Å². The monoisotopic (exact) mass is 320 g/mol. The first kappa shape index (κ1) is 19.1. The van der Waals surface area contributed by atoms with E-state index in [9.17, 15) is 0 Å². The summed E-state index contributed by atoms with van der Waals surface area (Å²) in [6.07, 6.45) is 0.930. The van der Waals surface area contributed by atoms with E-state index in [1.807, 2.05) is 25.1 Å². The Morgan fingerprint density at radius 1 is 1.18 bits per heavy atom. The average molecular weight is 321 g/mol. The van der Waals surface area contributed by atoms with Crippen LogP contribution < -0.4 is 0 Å². The van der Waals surface area contributed by atoms with Gasteiger partial charge in [-0.3, -0.25) is 0 Å². The molecule has 1 atom stereocenters. The van der Waals surface area contributed by atoms with Crippen molar-refractivity contribution in [3.8, 4) is 0 Å². The summed E-state index contributed by atoms with van der Waals surface area (Å²) in [5.41, 5.74) is 2.26. The molecule has 0 heterocycles. The Labute approximate surface area is 137 Å². The summed E-state index contributed by atoms with van der Waals surface area (Å²) < 4.78 is 12.3. The smallest absolute Gasteiger partial charge is 0.191 e. The van der Waals surface area contributed by atoms with Crippen LogP contribution in [0.15, 0.2) is 42.5 Å². The van der Waals surface area contributed by atoms with Gasteiger partial charge in [-0.15, -0.1) is 0 Å². The summed E-state index contributed by atoms with van der Waals surface area (Å²) in [5, 5.41) is 0.247. The molecule has 1 aromatic rings. The molecule has 0 saturated heterocycles. The first-order valence-electron chi connectivity index (χ1n) is 8.08. The van der Waals surface area contributed by atoms with Gasteiger partial charge >= 0.3 is 0 Å². The SMILES string of the molecule is C=C(C)[C@H](CCO[Si](C)(C)C(C)(C)C)OCc1ccccc1. The van der Waals surface area contributed by atoms with Crippen LogP contribution in [0.2, 0.25) is 18.1 Å². The molecule has 0 aliphatic rings. The van der Waals surface area contributed by atoms with Gasteiger partial charge in [-0.05, 0) is 37.0 Å². The van der Waals surface area contributed by atoms with Crippen molar-refractivity contribution in [1.29, 1.82) is 0 Å². The van der Waals surface area contributed by atoms with E-state index in [2.05, 4.69) is 52.6 Å². The molecule has 0 spiro atoms. The molecule has 0 fully saturated rings. The van der Waals surface area contributed by atoms with Gasteiger partial charge in [0.25, 0.3) is 0 Å². The normalized spacial score (nSPS) is 13.9. The van der Waals surface area contributed by atoms with Crippen LogP contribution >= 0.6 is 0 Å². The summed E-state index contributed by atoms with van der Waals surface area (Å²) in [7, 11) is -1.68. The van der Waals surface area contributed by atoms with Gasteiger partial charge in [0.1, 0.15) is 0 Å². The maximum atomic E-state index is 6.24. The lowest BCUT2D eigenvalue weighted by atomic mass is 10.1. The summed E-state index contributed by atoms with van der Waals surface area (Å²) >= 11 is 0. The third kappa shape index (κ3) is 6.07. The van der Waals surface area contributed by atoms with Crippen LogP contribution in [-0.2, 0) is 15.8 Å². The summed E-state index contributed by atoms with van der Waals surface area (Å²) in [4.78, 5) is 0. The Morgan fingerprint density at radius 3 is 2.27 bits per heavy atom. The van der Waals surface area contributed by atoms with Crippen LogP contribution in [0.5, 0.6) is 0 Å². The fraction of sp³-hybridized carbons (Fsp3) is 0.579.